The number of allylic oxidation sites excluding steroid dienone is 1. The summed E-state index contributed by atoms with van der Waals surface area (Å²) in [5.41, 5.74) is 1.04. The van der Waals surface area contributed by atoms with E-state index in [2.05, 4.69) is 87.7 Å². The number of ether oxygens (including phenoxy) is 1. The number of hydrogen-bond donors (Lipinski definition) is 0. The van der Waals surface area contributed by atoms with Gasteiger partial charge in [-0.25, -0.2) is 0 Å². The summed E-state index contributed by atoms with van der Waals surface area (Å²) >= 11 is 0. The zero-order chi connectivity index (χ0) is 26.7. The molecule has 198 valence electrons. The van der Waals surface area contributed by atoms with Gasteiger partial charge in [0, 0.05) is 12.3 Å². The Kier molecular flexibility index (Phi) is 10.6. The first-order valence-corrected chi connectivity index (χ1v) is 18.6. The van der Waals surface area contributed by atoms with Crippen molar-refractivity contribution in [2.45, 2.75) is 104 Å². The van der Waals surface area contributed by atoms with Crippen molar-refractivity contribution in [3.8, 4) is 0 Å². The number of methoxy groups -OCH3 is 1. The van der Waals surface area contributed by atoms with Gasteiger partial charge in [-0.1, -0.05) is 61.5 Å². The molecule has 0 aromatic rings. The van der Waals surface area contributed by atoms with Crippen LogP contribution >= 0.6 is 0 Å². The number of ketones is 1. The Morgan fingerprint density at radius 3 is 1.76 bits per heavy atom. The average Bonchev–Trinajstić information content (AvgIpc) is 2.67. The summed E-state index contributed by atoms with van der Waals surface area (Å²) in [5.74, 6) is -0.800. The standard InChI is InChI=1S/C27H52O5Si2/c1-19(2)21-14-15-23(28)24(25(29)30-9)22(21)16-20(17-31-33(10,11)26(3,4)5)18-32-34(12,13)27(6,7)8/h16,19,21-22,24H,14-15,17-18H2,1-13H3/t21-,22-,24+/m1/s1. The molecule has 0 heterocycles. The topological polar surface area (TPSA) is 61.8 Å². The molecule has 7 heteroatoms. The molecule has 0 amide bonds. The highest BCUT2D eigenvalue weighted by atomic mass is 28.4. The van der Waals surface area contributed by atoms with Crippen molar-refractivity contribution in [3.63, 3.8) is 0 Å². The Hall–Kier alpha value is -0.766. The van der Waals surface area contributed by atoms with Crippen LogP contribution in [0.2, 0.25) is 36.3 Å². The lowest BCUT2D eigenvalue weighted by Gasteiger charge is -2.39. The second-order valence-electron chi connectivity index (χ2n) is 13.4. The minimum Gasteiger partial charge on any atom is -0.468 e. The molecule has 0 spiro atoms. The van der Waals surface area contributed by atoms with Crippen LogP contribution in [0, 0.1) is 23.7 Å². The van der Waals surface area contributed by atoms with Crippen molar-refractivity contribution in [1.82, 2.24) is 0 Å². The van der Waals surface area contributed by atoms with Gasteiger partial charge >= 0.3 is 5.97 Å². The smallest absolute Gasteiger partial charge is 0.316 e. The predicted molar refractivity (Wildman–Crippen MR) is 146 cm³/mol. The zero-order valence-corrected chi connectivity index (χ0v) is 26.3. The molecule has 0 bridgehead atoms. The summed E-state index contributed by atoms with van der Waals surface area (Å²) in [6.45, 7) is 27.7. The number of Topliss-reactive ketones (excluding diaryl/α,β-unsaturated/α-hetero) is 1. The Morgan fingerprint density at radius 1 is 0.971 bits per heavy atom. The molecular weight excluding hydrogens is 460 g/mol. The van der Waals surface area contributed by atoms with Gasteiger partial charge in [0.1, 0.15) is 11.7 Å². The van der Waals surface area contributed by atoms with E-state index in [1.807, 2.05) is 0 Å². The first kappa shape index (κ1) is 31.3. The Balaban J connectivity index is 3.42. The van der Waals surface area contributed by atoms with Crippen LogP contribution in [0.5, 0.6) is 0 Å². The van der Waals surface area contributed by atoms with Gasteiger partial charge in [0.25, 0.3) is 0 Å². The summed E-state index contributed by atoms with van der Waals surface area (Å²) in [6, 6.07) is 0. The van der Waals surface area contributed by atoms with E-state index < -0.39 is 28.5 Å². The van der Waals surface area contributed by atoms with Crippen molar-refractivity contribution in [1.29, 1.82) is 0 Å². The van der Waals surface area contributed by atoms with Gasteiger partial charge in [-0.2, -0.15) is 0 Å². The lowest BCUT2D eigenvalue weighted by molar-refractivity contribution is -0.154. The Bertz CT molecular complexity index is 701. The third-order valence-electron chi connectivity index (χ3n) is 8.54. The average molecular weight is 513 g/mol. The maximum Gasteiger partial charge on any atom is 0.316 e. The summed E-state index contributed by atoms with van der Waals surface area (Å²) < 4.78 is 18.3. The van der Waals surface area contributed by atoms with E-state index in [1.54, 1.807) is 0 Å². The fraction of sp³-hybridized carbons (Fsp3) is 0.852. The number of hydrogen-bond acceptors (Lipinski definition) is 5. The minimum atomic E-state index is -1.99. The molecule has 0 radical (unpaired) electrons. The van der Waals surface area contributed by atoms with Gasteiger partial charge in [0.15, 0.2) is 16.6 Å². The van der Waals surface area contributed by atoms with Crippen LogP contribution in [0.25, 0.3) is 0 Å². The minimum absolute atomic E-state index is 0.0139. The maximum absolute atomic E-state index is 12.9. The quantitative estimate of drug-likeness (QED) is 0.144. The highest BCUT2D eigenvalue weighted by Crippen LogP contribution is 2.41. The Morgan fingerprint density at radius 2 is 1.41 bits per heavy atom. The first-order chi connectivity index (χ1) is 15.2. The molecule has 0 N–H and O–H groups in total. The zero-order valence-electron chi connectivity index (χ0n) is 24.3. The van der Waals surface area contributed by atoms with Gasteiger partial charge in [0.2, 0.25) is 0 Å². The molecular formula is C27H52O5Si2. The molecule has 0 aliphatic heterocycles. The van der Waals surface area contributed by atoms with Gasteiger partial charge in [-0.05, 0) is 60.1 Å². The summed E-state index contributed by atoms with van der Waals surface area (Å²) in [6.07, 6.45) is 3.37. The van der Waals surface area contributed by atoms with Gasteiger partial charge in [-0.3, -0.25) is 9.59 Å². The predicted octanol–water partition coefficient (Wildman–Crippen LogP) is 7.00. The molecule has 1 aliphatic rings. The molecule has 1 saturated carbocycles. The molecule has 3 atom stereocenters. The monoisotopic (exact) mass is 512 g/mol. The molecule has 0 saturated heterocycles. The molecule has 1 aliphatic carbocycles. The highest BCUT2D eigenvalue weighted by molar-refractivity contribution is 6.74. The van der Waals surface area contributed by atoms with Crippen LogP contribution in [0.4, 0.5) is 0 Å². The summed E-state index contributed by atoms with van der Waals surface area (Å²) in [5, 5.41) is 0.183. The van der Waals surface area contributed by atoms with E-state index in [-0.39, 0.29) is 27.7 Å². The van der Waals surface area contributed by atoms with Crippen molar-refractivity contribution in [2.24, 2.45) is 23.7 Å². The molecule has 0 aromatic heterocycles. The van der Waals surface area contributed by atoms with Crippen molar-refractivity contribution < 1.29 is 23.2 Å². The molecule has 1 rings (SSSR count). The first-order valence-electron chi connectivity index (χ1n) is 12.8. The SMILES string of the molecule is COC(=O)[C@@H]1C(=O)CC[C@H](C(C)C)[C@H]1C=C(CO[Si](C)(C)C(C)(C)C)CO[Si](C)(C)C(C)(C)C. The van der Waals surface area contributed by atoms with Crippen LogP contribution in [0.1, 0.15) is 68.2 Å². The van der Waals surface area contributed by atoms with Crippen molar-refractivity contribution in [2.75, 3.05) is 20.3 Å². The van der Waals surface area contributed by atoms with E-state index >= 15 is 0 Å². The number of carbonyl (C=O) groups excluding carboxylic acids is 2. The third-order valence-corrected chi connectivity index (χ3v) is 17.5. The number of esters is 1. The van der Waals surface area contributed by atoms with Gasteiger partial charge in [0.05, 0.1) is 20.3 Å². The maximum atomic E-state index is 12.9. The number of rotatable bonds is 9. The van der Waals surface area contributed by atoms with Crippen LogP contribution in [0.3, 0.4) is 0 Å². The van der Waals surface area contributed by atoms with Gasteiger partial charge < -0.3 is 13.6 Å². The summed E-state index contributed by atoms with van der Waals surface area (Å²) in [4.78, 5) is 25.6. The van der Waals surface area contributed by atoms with E-state index in [9.17, 15) is 9.59 Å². The van der Waals surface area contributed by atoms with E-state index in [1.165, 1.54) is 7.11 Å². The van der Waals surface area contributed by atoms with Crippen molar-refractivity contribution in [3.05, 3.63) is 11.6 Å². The van der Waals surface area contributed by atoms with E-state index in [4.69, 9.17) is 13.6 Å². The fourth-order valence-corrected chi connectivity index (χ4v) is 5.88. The summed E-state index contributed by atoms with van der Waals surface area (Å²) in [7, 11) is -2.60. The second-order valence-corrected chi connectivity index (χ2v) is 23.0. The molecule has 5 nitrogen and oxygen atoms in total. The number of carbonyl (C=O) groups is 2. The van der Waals surface area contributed by atoms with Crippen LogP contribution in [0.15, 0.2) is 11.6 Å². The van der Waals surface area contributed by atoms with Crippen molar-refractivity contribution >= 4 is 28.4 Å². The Labute approximate surface area is 211 Å². The van der Waals surface area contributed by atoms with Crippen LogP contribution in [-0.2, 0) is 23.2 Å². The normalized spacial score (nSPS) is 22.6. The largest absolute Gasteiger partial charge is 0.468 e. The molecule has 1 fully saturated rings. The molecule has 34 heavy (non-hydrogen) atoms. The highest BCUT2D eigenvalue weighted by Gasteiger charge is 2.44. The van der Waals surface area contributed by atoms with Crippen LogP contribution in [-0.4, -0.2) is 48.7 Å². The lowest BCUT2D eigenvalue weighted by Crippen LogP contribution is -2.44. The molecule has 0 aromatic carbocycles. The second kappa shape index (κ2) is 11.5. The van der Waals surface area contributed by atoms with E-state index in [0.717, 1.165) is 12.0 Å². The molecule has 0 unspecified atom stereocenters. The third kappa shape index (κ3) is 7.87. The fourth-order valence-electron chi connectivity index (χ4n) is 3.92. The van der Waals surface area contributed by atoms with Gasteiger partial charge in [-0.15, -0.1) is 0 Å². The van der Waals surface area contributed by atoms with Crippen LogP contribution < -0.4 is 0 Å². The van der Waals surface area contributed by atoms with E-state index in [0.29, 0.717) is 25.6 Å². The lowest BCUT2D eigenvalue weighted by atomic mass is 9.66.